The molecule has 7 heteroatoms. The predicted octanol–water partition coefficient (Wildman–Crippen LogP) is 2.02. The number of aromatic nitrogens is 3. The molecule has 1 aromatic heterocycles. The van der Waals surface area contributed by atoms with Crippen LogP contribution in [0.5, 0.6) is 0 Å². The van der Waals surface area contributed by atoms with E-state index in [1.54, 1.807) is 0 Å². The Hall–Kier alpha value is -1.92. The molecule has 1 aromatic carbocycles. The van der Waals surface area contributed by atoms with Crippen LogP contribution in [0.3, 0.4) is 0 Å². The summed E-state index contributed by atoms with van der Waals surface area (Å²) in [6.45, 7) is 5.17. The van der Waals surface area contributed by atoms with Gasteiger partial charge in [0.2, 0.25) is 0 Å². The fourth-order valence-corrected chi connectivity index (χ4v) is 2.92. The summed E-state index contributed by atoms with van der Waals surface area (Å²) in [6.07, 6.45) is 0. The van der Waals surface area contributed by atoms with E-state index in [4.69, 9.17) is 11.6 Å². The maximum Gasteiger partial charge on any atom is 0.322 e. The molecule has 1 unspecified atom stereocenters. The minimum atomic E-state index is -0.829. The third kappa shape index (κ3) is 2.71. The zero-order chi connectivity index (χ0) is 15.9. The molecule has 1 aliphatic rings. The van der Waals surface area contributed by atoms with Gasteiger partial charge in [-0.05, 0) is 31.0 Å². The predicted molar refractivity (Wildman–Crippen MR) is 81.6 cm³/mol. The van der Waals surface area contributed by atoms with Crippen molar-refractivity contribution in [2.45, 2.75) is 39.5 Å². The van der Waals surface area contributed by atoms with E-state index in [1.807, 2.05) is 41.5 Å². The Kier molecular flexibility index (Phi) is 3.88. The van der Waals surface area contributed by atoms with Gasteiger partial charge in [0.05, 0.1) is 13.1 Å². The van der Waals surface area contributed by atoms with Gasteiger partial charge in [-0.15, -0.1) is 10.2 Å². The lowest BCUT2D eigenvalue weighted by molar-refractivity contribution is -0.145. The van der Waals surface area contributed by atoms with Gasteiger partial charge in [0.1, 0.15) is 17.7 Å². The van der Waals surface area contributed by atoms with E-state index in [1.165, 1.54) is 0 Å². The monoisotopic (exact) mass is 320 g/mol. The molecule has 2 heterocycles. The number of benzene rings is 1. The first-order chi connectivity index (χ1) is 10.5. The van der Waals surface area contributed by atoms with Gasteiger partial charge in [0.15, 0.2) is 0 Å². The molecular formula is C15H17ClN4O2. The van der Waals surface area contributed by atoms with Crippen molar-refractivity contribution in [2.75, 3.05) is 0 Å². The molecule has 0 saturated heterocycles. The Bertz CT molecular complexity index is 728. The number of aliphatic carboxylic acids is 1. The molecule has 0 fully saturated rings. The van der Waals surface area contributed by atoms with Gasteiger partial charge in [-0.25, -0.2) is 0 Å². The van der Waals surface area contributed by atoms with Gasteiger partial charge < -0.3 is 9.67 Å². The van der Waals surface area contributed by atoms with Crippen LogP contribution >= 0.6 is 11.6 Å². The summed E-state index contributed by atoms with van der Waals surface area (Å²) >= 11 is 6.04. The van der Waals surface area contributed by atoms with Crippen molar-refractivity contribution in [3.8, 4) is 0 Å². The second-order valence-electron chi connectivity index (χ2n) is 5.62. The van der Waals surface area contributed by atoms with Gasteiger partial charge in [-0.2, -0.15) is 0 Å². The molecule has 0 spiro atoms. The van der Waals surface area contributed by atoms with Crippen molar-refractivity contribution in [1.29, 1.82) is 0 Å². The molecule has 0 aliphatic carbocycles. The second kappa shape index (κ2) is 5.70. The third-order valence-corrected chi connectivity index (χ3v) is 4.47. The summed E-state index contributed by atoms with van der Waals surface area (Å²) in [5.74, 6) is 0.730. The number of aryl methyl sites for hydroxylation is 2. The molecule has 6 nitrogen and oxygen atoms in total. The van der Waals surface area contributed by atoms with E-state index in [-0.39, 0.29) is 0 Å². The number of carbonyl (C=O) groups is 1. The third-order valence-electron chi connectivity index (χ3n) is 4.05. The summed E-state index contributed by atoms with van der Waals surface area (Å²) in [4.78, 5) is 13.5. The highest BCUT2D eigenvalue weighted by molar-refractivity contribution is 6.31. The van der Waals surface area contributed by atoms with Crippen LogP contribution in [0.25, 0.3) is 0 Å². The van der Waals surface area contributed by atoms with Crippen LogP contribution in [-0.2, 0) is 24.4 Å². The molecule has 0 saturated carbocycles. The van der Waals surface area contributed by atoms with Crippen LogP contribution in [0.15, 0.2) is 18.2 Å². The quantitative estimate of drug-likeness (QED) is 0.936. The van der Waals surface area contributed by atoms with E-state index in [2.05, 4.69) is 10.2 Å². The Balaban J connectivity index is 1.87. The van der Waals surface area contributed by atoms with Gasteiger partial charge in [0.25, 0.3) is 0 Å². The number of carboxylic acids is 1. The SMILES string of the molecule is Cc1cc(CN2Cc3nnc(C)n3CC2C(=O)O)ccc1Cl. The Morgan fingerprint density at radius 2 is 2.18 bits per heavy atom. The van der Waals surface area contributed by atoms with E-state index in [0.717, 1.165) is 22.8 Å². The lowest BCUT2D eigenvalue weighted by Crippen LogP contribution is -2.47. The highest BCUT2D eigenvalue weighted by atomic mass is 35.5. The minimum absolute atomic E-state index is 0.371. The Labute approximate surface area is 133 Å². The van der Waals surface area contributed by atoms with Crippen LogP contribution in [0.4, 0.5) is 0 Å². The van der Waals surface area contributed by atoms with E-state index < -0.39 is 12.0 Å². The fourth-order valence-electron chi connectivity index (χ4n) is 2.80. The molecule has 0 bridgehead atoms. The van der Waals surface area contributed by atoms with E-state index >= 15 is 0 Å². The first-order valence-corrected chi connectivity index (χ1v) is 7.44. The van der Waals surface area contributed by atoms with Gasteiger partial charge in [0, 0.05) is 11.6 Å². The molecule has 2 aromatic rings. The summed E-state index contributed by atoms with van der Waals surface area (Å²) in [6, 6.07) is 5.18. The number of hydrogen-bond donors (Lipinski definition) is 1. The summed E-state index contributed by atoms with van der Waals surface area (Å²) in [7, 11) is 0. The second-order valence-corrected chi connectivity index (χ2v) is 6.02. The van der Waals surface area contributed by atoms with Crippen LogP contribution in [0.2, 0.25) is 5.02 Å². The van der Waals surface area contributed by atoms with Crippen molar-refractivity contribution >= 4 is 17.6 Å². The van der Waals surface area contributed by atoms with Crippen LogP contribution in [-0.4, -0.2) is 36.8 Å². The lowest BCUT2D eigenvalue weighted by atomic mass is 10.1. The summed E-state index contributed by atoms with van der Waals surface area (Å²) < 4.78 is 1.88. The van der Waals surface area contributed by atoms with Gasteiger partial charge >= 0.3 is 5.97 Å². The maximum atomic E-state index is 11.6. The lowest BCUT2D eigenvalue weighted by Gasteiger charge is -2.33. The fraction of sp³-hybridized carbons (Fsp3) is 0.400. The minimum Gasteiger partial charge on any atom is -0.480 e. The standard InChI is InChI=1S/C15H17ClN4O2/c1-9-5-11(3-4-12(9)16)6-19-8-14-18-17-10(2)20(14)7-13(19)15(21)22/h3-5,13H,6-8H2,1-2H3,(H,21,22). The van der Waals surface area contributed by atoms with Gasteiger partial charge in [-0.3, -0.25) is 9.69 Å². The topological polar surface area (TPSA) is 71.2 Å². The zero-order valence-electron chi connectivity index (χ0n) is 12.5. The molecule has 0 radical (unpaired) electrons. The number of carboxylic acid groups (broad SMARTS) is 1. The number of halogens is 1. The van der Waals surface area contributed by atoms with E-state index in [0.29, 0.717) is 24.7 Å². The highest BCUT2D eigenvalue weighted by Gasteiger charge is 2.33. The Morgan fingerprint density at radius 1 is 1.41 bits per heavy atom. The molecule has 3 rings (SSSR count). The first-order valence-electron chi connectivity index (χ1n) is 7.06. The van der Waals surface area contributed by atoms with Crippen LogP contribution < -0.4 is 0 Å². The maximum absolute atomic E-state index is 11.6. The molecule has 0 amide bonds. The smallest absolute Gasteiger partial charge is 0.322 e. The van der Waals surface area contributed by atoms with Crippen molar-refractivity contribution in [1.82, 2.24) is 19.7 Å². The normalized spacial score (nSPS) is 18.2. The number of hydrogen-bond acceptors (Lipinski definition) is 4. The molecular weight excluding hydrogens is 304 g/mol. The van der Waals surface area contributed by atoms with Crippen molar-refractivity contribution in [2.24, 2.45) is 0 Å². The average molecular weight is 321 g/mol. The van der Waals surface area contributed by atoms with Gasteiger partial charge in [-0.1, -0.05) is 23.7 Å². The number of fused-ring (bicyclic) bond motifs is 1. The number of rotatable bonds is 3. The zero-order valence-corrected chi connectivity index (χ0v) is 13.2. The molecule has 1 atom stereocenters. The number of nitrogens with zero attached hydrogens (tertiary/aromatic N) is 4. The van der Waals surface area contributed by atoms with Crippen LogP contribution in [0.1, 0.15) is 22.8 Å². The first kappa shape index (κ1) is 15.0. The van der Waals surface area contributed by atoms with E-state index in [9.17, 15) is 9.90 Å². The molecule has 1 N–H and O–H groups in total. The van der Waals surface area contributed by atoms with Crippen LogP contribution in [0, 0.1) is 13.8 Å². The molecule has 116 valence electrons. The highest BCUT2D eigenvalue weighted by Crippen LogP contribution is 2.22. The van der Waals surface area contributed by atoms with Crippen molar-refractivity contribution in [3.05, 3.63) is 46.0 Å². The largest absolute Gasteiger partial charge is 0.480 e. The molecule has 1 aliphatic heterocycles. The average Bonchev–Trinajstić information content (AvgIpc) is 2.83. The molecule has 22 heavy (non-hydrogen) atoms. The van der Waals surface area contributed by atoms with Crippen molar-refractivity contribution < 1.29 is 9.90 Å². The summed E-state index contributed by atoms with van der Waals surface area (Å²) in [5.41, 5.74) is 2.03. The Morgan fingerprint density at radius 3 is 2.86 bits per heavy atom. The summed E-state index contributed by atoms with van der Waals surface area (Å²) in [5, 5.41) is 18.4. The van der Waals surface area contributed by atoms with Crippen molar-refractivity contribution in [3.63, 3.8) is 0 Å².